The molecule has 0 aliphatic heterocycles. The summed E-state index contributed by atoms with van der Waals surface area (Å²) in [6.07, 6.45) is 36.6. The van der Waals surface area contributed by atoms with E-state index >= 15 is 0 Å². The van der Waals surface area contributed by atoms with E-state index < -0.39 is 0 Å². The Balaban J connectivity index is 1.18. The lowest BCUT2D eigenvalue weighted by Crippen LogP contribution is -2.06. The van der Waals surface area contributed by atoms with Crippen LogP contribution >= 0.6 is 0 Å². The Morgan fingerprint density at radius 3 is 2.55 bits per heavy atom. The fourth-order valence-corrected chi connectivity index (χ4v) is 7.79. The second-order valence-electron chi connectivity index (χ2n) is 13.2. The number of fused-ring (bicyclic) bond motifs is 5. The Morgan fingerprint density at radius 2 is 1.66 bits per heavy atom. The molecule has 5 aliphatic rings. The molecule has 44 heavy (non-hydrogen) atoms. The summed E-state index contributed by atoms with van der Waals surface area (Å²) in [7, 11) is 0. The molecule has 0 N–H and O–H groups in total. The SMILES string of the molecule is C/C=C\CC1C=CC=C/C1=C\c1ccc(C2=Cc3cc4c(c(-c5ccc6c(c5)CC(C)C=C6)c3C3CC23)C=CCC=C4)cc1. The summed E-state index contributed by atoms with van der Waals surface area (Å²) in [6, 6.07) is 19.0. The molecule has 4 unspecified atom stereocenters. The van der Waals surface area contributed by atoms with Gasteiger partial charge in [0.25, 0.3) is 0 Å². The molecule has 216 valence electrons. The first-order valence-electron chi connectivity index (χ1n) is 16.5. The maximum Gasteiger partial charge on any atom is 0.00558 e. The highest BCUT2D eigenvalue weighted by atomic mass is 14.5. The molecule has 0 radical (unpaired) electrons. The molecular weight excluding hydrogens is 528 g/mol. The van der Waals surface area contributed by atoms with E-state index in [1.807, 2.05) is 0 Å². The highest BCUT2D eigenvalue weighted by Gasteiger charge is 2.46. The fraction of sp³-hybridized carbons (Fsp3) is 0.227. The Hall–Kier alpha value is -4.42. The zero-order chi connectivity index (χ0) is 29.6. The zero-order valence-electron chi connectivity index (χ0n) is 25.8. The monoisotopic (exact) mass is 568 g/mol. The Bertz CT molecular complexity index is 1870. The lowest BCUT2D eigenvalue weighted by Gasteiger charge is -2.25. The van der Waals surface area contributed by atoms with Crippen LogP contribution in [0.25, 0.3) is 47.1 Å². The first-order chi connectivity index (χ1) is 21.7. The molecule has 0 spiro atoms. The highest BCUT2D eigenvalue weighted by Crippen LogP contribution is 2.62. The number of benzene rings is 3. The molecule has 0 saturated heterocycles. The van der Waals surface area contributed by atoms with Crippen LogP contribution in [0.2, 0.25) is 0 Å². The molecule has 0 bridgehead atoms. The number of rotatable bonds is 5. The highest BCUT2D eigenvalue weighted by molar-refractivity contribution is 5.96. The molecule has 1 fully saturated rings. The second kappa shape index (κ2) is 11.3. The van der Waals surface area contributed by atoms with Crippen molar-refractivity contribution in [2.24, 2.45) is 17.8 Å². The Kier molecular flexibility index (Phi) is 6.94. The van der Waals surface area contributed by atoms with E-state index in [4.69, 9.17) is 0 Å². The van der Waals surface area contributed by atoms with Crippen molar-refractivity contribution in [1.29, 1.82) is 0 Å². The molecule has 5 aliphatic carbocycles. The molecule has 0 aromatic heterocycles. The molecule has 0 heteroatoms. The van der Waals surface area contributed by atoms with E-state index in [-0.39, 0.29) is 0 Å². The maximum atomic E-state index is 2.52. The van der Waals surface area contributed by atoms with E-state index in [0.29, 0.717) is 23.7 Å². The molecule has 0 nitrogen and oxygen atoms in total. The summed E-state index contributed by atoms with van der Waals surface area (Å²) in [4.78, 5) is 0. The summed E-state index contributed by atoms with van der Waals surface area (Å²) in [5, 5.41) is 0. The van der Waals surface area contributed by atoms with Crippen LogP contribution in [0.15, 0.2) is 109 Å². The second-order valence-corrected chi connectivity index (χ2v) is 13.2. The van der Waals surface area contributed by atoms with Gasteiger partial charge in [0, 0.05) is 5.92 Å². The van der Waals surface area contributed by atoms with Gasteiger partial charge in [0.1, 0.15) is 0 Å². The maximum absolute atomic E-state index is 2.52. The predicted octanol–water partition coefficient (Wildman–Crippen LogP) is 11.7. The molecule has 1 saturated carbocycles. The molecular formula is C44H40. The van der Waals surface area contributed by atoms with Crippen LogP contribution in [0.4, 0.5) is 0 Å². The molecule has 3 aromatic carbocycles. The van der Waals surface area contributed by atoms with Crippen molar-refractivity contribution in [3.05, 3.63) is 153 Å². The summed E-state index contributed by atoms with van der Waals surface area (Å²) in [5.41, 5.74) is 17.0. The minimum absolute atomic E-state index is 0.448. The van der Waals surface area contributed by atoms with E-state index in [0.717, 1.165) is 19.3 Å². The van der Waals surface area contributed by atoms with Gasteiger partial charge >= 0.3 is 0 Å². The van der Waals surface area contributed by atoms with E-state index in [2.05, 4.69) is 147 Å². The van der Waals surface area contributed by atoms with Crippen molar-refractivity contribution in [1.82, 2.24) is 0 Å². The van der Waals surface area contributed by atoms with Gasteiger partial charge < -0.3 is 0 Å². The van der Waals surface area contributed by atoms with E-state index in [9.17, 15) is 0 Å². The summed E-state index contributed by atoms with van der Waals surface area (Å²) in [6.45, 7) is 4.43. The molecule has 8 rings (SSSR count). The van der Waals surface area contributed by atoms with Crippen molar-refractivity contribution >= 4 is 36.0 Å². The van der Waals surface area contributed by atoms with Gasteiger partial charge in [-0.15, -0.1) is 0 Å². The van der Waals surface area contributed by atoms with Crippen molar-refractivity contribution < 1.29 is 0 Å². The average Bonchev–Trinajstić information content (AvgIpc) is 3.87. The third kappa shape index (κ3) is 4.97. The third-order valence-electron chi connectivity index (χ3n) is 10.1. The smallest absolute Gasteiger partial charge is 0.00558 e. The lowest BCUT2D eigenvalue weighted by atomic mass is 9.79. The van der Waals surface area contributed by atoms with E-state index in [1.165, 1.54) is 67.6 Å². The first-order valence-corrected chi connectivity index (χ1v) is 16.5. The molecule has 4 atom stereocenters. The van der Waals surface area contributed by atoms with Gasteiger partial charge in [-0.2, -0.15) is 0 Å². The van der Waals surface area contributed by atoms with Crippen molar-refractivity contribution in [2.45, 2.75) is 45.4 Å². The normalized spacial score (nSPS) is 25.0. The number of hydrogen-bond donors (Lipinski definition) is 0. The van der Waals surface area contributed by atoms with Crippen LogP contribution in [0.3, 0.4) is 0 Å². The van der Waals surface area contributed by atoms with Gasteiger partial charge in [-0.05, 0) is 123 Å². The van der Waals surface area contributed by atoms with Gasteiger partial charge in [-0.3, -0.25) is 0 Å². The van der Waals surface area contributed by atoms with Gasteiger partial charge in [0.05, 0.1) is 0 Å². The summed E-state index contributed by atoms with van der Waals surface area (Å²) < 4.78 is 0. The number of allylic oxidation sites excluding steroid dienone is 11. The van der Waals surface area contributed by atoms with Crippen molar-refractivity contribution in [3.63, 3.8) is 0 Å². The fourth-order valence-electron chi connectivity index (χ4n) is 7.79. The zero-order valence-corrected chi connectivity index (χ0v) is 25.8. The van der Waals surface area contributed by atoms with Gasteiger partial charge in [-0.1, -0.05) is 134 Å². The average molecular weight is 569 g/mol. The Labute approximate surface area is 262 Å². The van der Waals surface area contributed by atoms with Crippen LogP contribution < -0.4 is 0 Å². The van der Waals surface area contributed by atoms with Gasteiger partial charge in [0.2, 0.25) is 0 Å². The molecule has 3 aromatic rings. The van der Waals surface area contributed by atoms with Crippen LogP contribution in [0, 0.1) is 17.8 Å². The Morgan fingerprint density at radius 1 is 0.795 bits per heavy atom. The minimum Gasteiger partial charge on any atom is -0.0916 e. The van der Waals surface area contributed by atoms with Crippen LogP contribution in [0.5, 0.6) is 0 Å². The van der Waals surface area contributed by atoms with Gasteiger partial charge in [0.15, 0.2) is 0 Å². The number of hydrogen-bond acceptors (Lipinski definition) is 0. The predicted molar refractivity (Wildman–Crippen MR) is 191 cm³/mol. The standard InChI is InChI=1S/C44H40/c1-3-4-10-31-11-8-9-12-34(31)24-30-16-19-33(20-17-30)40-27-38-25-35-13-6-5-7-14-39(35)43(44(38)42-28-41(40)42)36-22-21-32-18-15-29(2)23-37(32)26-36/h3-4,6-9,11-22,24-27,29,31,41-42H,5,10,23,28H2,1-2H3/b4-3-,34-24+. The lowest BCUT2D eigenvalue weighted by molar-refractivity contribution is 0.717. The van der Waals surface area contributed by atoms with Crippen molar-refractivity contribution in [2.75, 3.05) is 0 Å². The summed E-state index contributed by atoms with van der Waals surface area (Å²) >= 11 is 0. The van der Waals surface area contributed by atoms with Crippen molar-refractivity contribution in [3.8, 4) is 11.1 Å². The van der Waals surface area contributed by atoms with Gasteiger partial charge in [-0.25, -0.2) is 0 Å². The summed E-state index contributed by atoms with van der Waals surface area (Å²) in [5.74, 6) is 2.24. The first kappa shape index (κ1) is 27.2. The molecule has 0 heterocycles. The quantitative estimate of drug-likeness (QED) is 0.269. The van der Waals surface area contributed by atoms with E-state index in [1.54, 1.807) is 5.56 Å². The van der Waals surface area contributed by atoms with Crippen LogP contribution in [0.1, 0.15) is 83.5 Å². The van der Waals surface area contributed by atoms with Crippen LogP contribution in [-0.4, -0.2) is 0 Å². The minimum atomic E-state index is 0.448. The largest absolute Gasteiger partial charge is 0.0916 e. The topological polar surface area (TPSA) is 0 Å². The van der Waals surface area contributed by atoms with Crippen LogP contribution in [-0.2, 0) is 6.42 Å². The third-order valence-corrected chi connectivity index (χ3v) is 10.1. The molecule has 0 amide bonds.